The van der Waals surface area contributed by atoms with Crippen LogP contribution in [-0.2, 0) is 19.5 Å². The van der Waals surface area contributed by atoms with Crippen molar-refractivity contribution in [2.24, 2.45) is 0 Å². The molecular weight excluding hydrogens is 318 g/mol. The van der Waals surface area contributed by atoms with Crippen LogP contribution >= 0.6 is 0 Å². The van der Waals surface area contributed by atoms with Crippen molar-refractivity contribution in [1.29, 1.82) is 0 Å². The van der Waals surface area contributed by atoms with Crippen LogP contribution in [-0.4, -0.2) is 51.7 Å². The van der Waals surface area contributed by atoms with Crippen LogP contribution in [0.25, 0.3) is 0 Å². The Balaban J connectivity index is 1.41. The van der Waals surface area contributed by atoms with E-state index >= 15 is 0 Å². The molecule has 3 heterocycles. The molecule has 25 heavy (non-hydrogen) atoms. The fourth-order valence-corrected chi connectivity index (χ4v) is 3.71. The van der Waals surface area contributed by atoms with Gasteiger partial charge < -0.3 is 14.5 Å². The van der Waals surface area contributed by atoms with E-state index in [9.17, 15) is 9.90 Å². The standard InChI is InChI=1S/C19H23N3O3/c23-16-6-3-8-21(12-16)13-17-10-18(20-25-17)19(24)22-9-7-14-4-1-2-5-15(14)11-22/h1-2,4-5,10,16,23H,3,6-9,11-13H2/t16-/m0/s1. The number of fused-ring (bicyclic) bond motifs is 1. The van der Waals surface area contributed by atoms with Gasteiger partial charge in [-0.15, -0.1) is 0 Å². The molecule has 0 radical (unpaired) electrons. The van der Waals surface area contributed by atoms with E-state index in [2.05, 4.69) is 22.2 Å². The lowest BCUT2D eigenvalue weighted by molar-refractivity contribution is 0.0622. The monoisotopic (exact) mass is 341 g/mol. The Kier molecular flexibility index (Phi) is 4.55. The van der Waals surface area contributed by atoms with Gasteiger partial charge in [0.1, 0.15) is 0 Å². The molecule has 132 valence electrons. The average molecular weight is 341 g/mol. The van der Waals surface area contributed by atoms with Gasteiger partial charge in [0.15, 0.2) is 11.5 Å². The van der Waals surface area contributed by atoms with Crippen molar-refractivity contribution in [2.75, 3.05) is 19.6 Å². The van der Waals surface area contributed by atoms with Crippen LogP contribution in [0.5, 0.6) is 0 Å². The molecule has 6 heteroatoms. The zero-order chi connectivity index (χ0) is 17.2. The Morgan fingerprint density at radius 1 is 1.28 bits per heavy atom. The maximum Gasteiger partial charge on any atom is 0.276 e. The van der Waals surface area contributed by atoms with Crippen molar-refractivity contribution >= 4 is 5.91 Å². The number of nitrogens with zero attached hydrogens (tertiary/aromatic N) is 3. The van der Waals surface area contributed by atoms with Gasteiger partial charge in [-0.05, 0) is 36.9 Å². The van der Waals surface area contributed by atoms with Crippen LogP contribution in [0.15, 0.2) is 34.9 Å². The number of likely N-dealkylation sites (tertiary alicyclic amines) is 1. The van der Waals surface area contributed by atoms with E-state index < -0.39 is 0 Å². The molecule has 0 aliphatic carbocycles. The molecule has 0 spiro atoms. The Bertz CT molecular complexity index is 758. The van der Waals surface area contributed by atoms with Crippen molar-refractivity contribution in [2.45, 2.75) is 38.5 Å². The SMILES string of the molecule is O=C(c1cc(CN2CCC[C@H](O)C2)on1)N1CCc2ccccc2C1. The molecule has 0 bridgehead atoms. The van der Waals surface area contributed by atoms with E-state index in [1.165, 1.54) is 11.1 Å². The summed E-state index contributed by atoms with van der Waals surface area (Å²) in [5.74, 6) is 0.595. The molecule has 1 N–H and O–H groups in total. The lowest BCUT2D eigenvalue weighted by Gasteiger charge is -2.28. The van der Waals surface area contributed by atoms with Gasteiger partial charge in [-0.2, -0.15) is 0 Å². The highest BCUT2D eigenvalue weighted by Gasteiger charge is 2.25. The number of rotatable bonds is 3. The fourth-order valence-electron chi connectivity index (χ4n) is 3.71. The Morgan fingerprint density at radius 2 is 2.12 bits per heavy atom. The summed E-state index contributed by atoms with van der Waals surface area (Å²) < 4.78 is 5.36. The average Bonchev–Trinajstić information content (AvgIpc) is 3.09. The van der Waals surface area contributed by atoms with Crippen LogP contribution in [0.3, 0.4) is 0 Å². The normalized spacial score (nSPS) is 21.2. The fraction of sp³-hybridized carbons (Fsp3) is 0.474. The molecule has 4 rings (SSSR count). The maximum absolute atomic E-state index is 12.7. The van der Waals surface area contributed by atoms with Gasteiger partial charge in [0.05, 0.1) is 12.6 Å². The number of carbonyl (C=O) groups excluding carboxylic acids is 1. The van der Waals surface area contributed by atoms with Crippen LogP contribution < -0.4 is 0 Å². The number of benzene rings is 1. The maximum atomic E-state index is 12.7. The van der Waals surface area contributed by atoms with Crippen LogP contribution in [0.2, 0.25) is 0 Å². The summed E-state index contributed by atoms with van der Waals surface area (Å²) in [6.07, 6.45) is 2.44. The second kappa shape index (κ2) is 6.98. The van der Waals surface area contributed by atoms with E-state index in [4.69, 9.17) is 4.52 Å². The summed E-state index contributed by atoms with van der Waals surface area (Å²) in [5.41, 5.74) is 2.89. The second-order valence-electron chi connectivity index (χ2n) is 6.96. The summed E-state index contributed by atoms with van der Waals surface area (Å²) in [7, 11) is 0. The summed E-state index contributed by atoms with van der Waals surface area (Å²) in [4.78, 5) is 16.7. The van der Waals surface area contributed by atoms with Gasteiger partial charge in [0, 0.05) is 25.7 Å². The van der Waals surface area contributed by atoms with Gasteiger partial charge >= 0.3 is 0 Å². The quantitative estimate of drug-likeness (QED) is 0.922. The predicted molar refractivity (Wildman–Crippen MR) is 91.9 cm³/mol. The highest BCUT2D eigenvalue weighted by molar-refractivity contribution is 5.92. The number of carbonyl (C=O) groups is 1. The smallest absolute Gasteiger partial charge is 0.276 e. The van der Waals surface area contributed by atoms with E-state index in [-0.39, 0.29) is 12.0 Å². The van der Waals surface area contributed by atoms with Crippen LogP contribution in [0.4, 0.5) is 0 Å². The van der Waals surface area contributed by atoms with Gasteiger partial charge in [0.25, 0.3) is 5.91 Å². The molecule has 1 fully saturated rings. The molecule has 0 unspecified atom stereocenters. The predicted octanol–water partition coefficient (Wildman–Crippen LogP) is 1.83. The molecule has 6 nitrogen and oxygen atoms in total. The summed E-state index contributed by atoms with van der Waals surface area (Å²) in [6, 6.07) is 9.98. The number of hydrogen-bond acceptors (Lipinski definition) is 5. The molecular formula is C19H23N3O3. The zero-order valence-electron chi connectivity index (χ0n) is 14.2. The van der Waals surface area contributed by atoms with E-state index in [1.54, 1.807) is 6.07 Å². The highest BCUT2D eigenvalue weighted by Crippen LogP contribution is 2.21. The van der Waals surface area contributed by atoms with Gasteiger partial charge in [-0.1, -0.05) is 29.4 Å². The molecule has 0 saturated carbocycles. The van der Waals surface area contributed by atoms with Crippen molar-refractivity contribution in [3.63, 3.8) is 0 Å². The van der Waals surface area contributed by atoms with E-state index in [0.717, 1.165) is 25.8 Å². The van der Waals surface area contributed by atoms with Crippen LogP contribution in [0.1, 0.15) is 40.2 Å². The first-order chi connectivity index (χ1) is 12.2. The lowest BCUT2D eigenvalue weighted by Crippen LogP contribution is -2.37. The first kappa shape index (κ1) is 16.3. The number of aromatic nitrogens is 1. The largest absolute Gasteiger partial charge is 0.392 e. The zero-order valence-corrected chi connectivity index (χ0v) is 14.2. The molecule has 1 atom stereocenters. The molecule has 1 saturated heterocycles. The minimum atomic E-state index is -0.272. The minimum absolute atomic E-state index is 0.0804. The molecule has 1 aromatic heterocycles. The van der Waals surface area contributed by atoms with E-state index in [0.29, 0.717) is 37.6 Å². The van der Waals surface area contributed by atoms with Crippen molar-refractivity contribution in [3.8, 4) is 0 Å². The third kappa shape index (κ3) is 3.60. The summed E-state index contributed by atoms with van der Waals surface area (Å²) in [6.45, 7) is 3.49. The van der Waals surface area contributed by atoms with Gasteiger partial charge in [-0.3, -0.25) is 9.69 Å². The van der Waals surface area contributed by atoms with Crippen molar-refractivity contribution < 1.29 is 14.4 Å². The summed E-state index contributed by atoms with van der Waals surface area (Å²) in [5, 5.41) is 13.7. The number of β-amino-alcohol motifs (C(OH)–C–C–N with tert-alkyl or cyclic N) is 1. The molecule has 2 aromatic rings. The molecule has 2 aliphatic heterocycles. The highest BCUT2D eigenvalue weighted by atomic mass is 16.5. The minimum Gasteiger partial charge on any atom is -0.392 e. The Labute approximate surface area is 147 Å². The van der Waals surface area contributed by atoms with Gasteiger partial charge in [0.2, 0.25) is 0 Å². The topological polar surface area (TPSA) is 69.8 Å². The number of piperidine rings is 1. The number of hydrogen-bond donors (Lipinski definition) is 1. The van der Waals surface area contributed by atoms with Crippen LogP contribution in [0, 0.1) is 0 Å². The van der Waals surface area contributed by atoms with Crippen molar-refractivity contribution in [3.05, 3.63) is 52.9 Å². The molecule has 1 amide bonds. The van der Waals surface area contributed by atoms with E-state index in [1.807, 2.05) is 17.0 Å². The number of amides is 1. The van der Waals surface area contributed by atoms with Gasteiger partial charge in [-0.25, -0.2) is 0 Å². The first-order valence-electron chi connectivity index (χ1n) is 8.91. The lowest BCUT2D eigenvalue weighted by atomic mass is 10.00. The number of aliphatic hydroxyl groups excluding tert-OH is 1. The first-order valence-corrected chi connectivity index (χ1v) is 8.91. The summed E-state index contributed by atoms with van der Waals surface area (Å²) >= 11 is 0. The Hall–Kier alpha value is -2.18. The third-order valence-corrected chi connectivity index (χ3v) is 5.06. The molecule has 2 aliphatic rings. The van der Waals surface area contributed by atoms with Crippen molar-refractivity contribution in [1.82, 2.24) is 15.0 Å². The molecule has 1 aromatic carbocycles. The second-order valence-corrected chi connectivity index (χ2v) is 6.96. The third-order valence-electron chi connectivity index (χ3n) is 5.06. The number of aliphatic hydroxyl groups is 1. The Morgan fingerprint density at radius 3 is 2.96 bits per heavy atom.